The Hall–Kier alpha value is -3.58. The zero-order chi connectivity index (χ0) is 23.8. The zero-order valence-corrected chi connectivity index (χ0v) is 19.6. The first-order valence-corrected chi connectivity index (χ1v) is 11.8. The van der Waals surface area contributed by atoms with Gasteiger partial charge < -0.3 is 10.2 Å². The number of carbonyl (C=O) groups excluding carboxylic acids is 2. The van der Waals surface area contributed by atoms with Gasteiger partial charge in [-0.1, -0.05) is 30.3 Å². The third-order valence-corrected chi connectivity index (χ3v) is 6.27. The highest BCUT2D eigenvalue weighted by Gasteiger charge is 2.26. The van der Waals surface area contributed by atoms with Crippen molar-refractivity contribution >= 4 is 11.8 Å². The Morgan fingerprint density at radius 2 is 1.76 bits per heavy atom. The first-order chi connectivity index (χ1) is 16.6. The van der Waals surface area contributed by atoms with E-state index < -0.39 is 0 Å². The maximum atomic E-state index is 13.3. The molecule has 7 heteroatoms. The van der Waals surface area contributed by atoms with Gasteiger partial charge in [0.15, 0.2) is 0 Å². The van der Waals surface area contributed by atoms with E-state index in [-0.39, 0.29) is 17.9 Å². The second-order valence-electron chi connectivity index (χ2n) is 8.64. The standard InChI is InChI=1S/C27H31N5O2/c1-21-8-11-29-19-24(21)27(34)31-15-5-16-32(20-22-9-12-28-13-10-22)25(18-26(33)30-14-17-31)23-6-3-2-4-7-23/h2-4,6-13,19,25H,5,14-18,20H2,1H3,(H,30,33). The molecule has 0 saturated carbocycles. The lowest BCUT2D eigenvalue weighted by Gasteiger charge is -2.32. The molecule has 176 valence electrons. The molecule has 7 nitrogen and oxygen atoms in total. The molecule has 1 unspecified atom stereocenters. The average Bonchev–Trinajstić information content (AvgIpc) is 2.90. The van der Waals surface area contributed by atoms with Gasteiger partial charge in [-0.05, 0) is 48.2 Å². The predicted molar refractivity (Wildman–Crippen MR) is 131 cm³/mol. The summed E-state index contributed by atoms with van der Waals surface area (Å²) in [6.07, 6.45) is 8.08. The number of benzene rings is 1. The average molecular weight is 458 g/mol. The van der Waals surface area contributed by atoms with Gasteiger partial charge in [-0.15, -0.1) is 0 Å². The van der Waals surface area contributed by atoms with Gasteiger partial charge in [-0.3, -0.25) is 24.5 Å². The van der Waals surface area contributed by atoms with Gasteiger partial charge in [-0.25, -0.2) is 0 Å². The predicted octanol–water partition coefficient (Wildman–Crippen LogP) is 3.38. The lowest BCUT2D eigenvalue weighted by molar-refractivity contribution is -0.122. The molecule has 0 bridgehead atoms. The molecule has 2 aromatic heterocycles. The molecule has 2 amide bonds. The largest absolute Gasteiger partial charge is 0.354 e. The molecule has 1 aliphatic heterocycles. The summed E-state index contributed by atoms with van der Waals surface area (Å²) < 4.78 is 0. The summed E-state index contributed by atoms with van der Waals surface area (Å²) in [5.41, 5.74) is 3.77. The van der Waals surface area contributed by atoms with E-state index in [1.54, 1.807) is 24.8 Å². The van der Waals surface area contributed by atoms with Crippen LogP contribution < -0.4 is 5.32 Å². The van der Waals surface area contributed by atoms with Crippen molar-refractivity contribution in [3.8, 4) is 0 Å². The normalized spacial score (nSPS) is 18.1. The number of hydrogen-bond acceptors (Lipinski definition) is 5. The molecular formula is C27H31N5O2. The highest BCUT2D eigenvalue weighted by atomic mass is 16.2. The van der Waals surface area contributed by atoms with Crippen molar-refractivity contribution in [3.63, 3.8) is 0 Å². The molecule has 3 heterocycles. The highest BCUT2D eigenvalue weighted by molar-refractivity contribution is 5.95. The zero-order valence-electron chi connectivity index (χ0n) is 19.6. The number of pyridine rings is 2. The number of carbonyl (C=O) groups is 2. The molecule has 0 radical (unpaired) electrons. The van der Waals surface area contributed by atoms with E-state index in [1.165, 1.54) is 0 Å². The first-order valence-electron chi connectivity index (χ1n) is 11.8. The molecule has 0 spiro atoms. The van der Waals surface area contributed by atoms with Crippen LogP contribution in [0.1, 0.15) is 45.9 Å². The Morgan fingerprint density at radius 3 is 2.53 bits per heavy atom. The summed E-state index contributed by atoms with van der Waals surface area (Å²) in [6, 6.07) is 16.0. The van der Waals surface area contributed by atoms with Crippen molar-refractivity contribution in [3.05, 3.63) is 95.6 Å². The van der Waals surface area contributed by atoms with Gasteiger partial charge in [0, 0.05) is 70.0 Å². The Kier molecular flexibility index (Phi) is 7.99. The number of aromatic nitrogens is 2. The first kappa shape index (κ1) is 23.6. The smallest absolute Gasteiger partial charge is 0.255 e. The molecular weight excluding hydrogens is 426 g/mol. The van der Waals surface area contributed by atoms with E-state index in [2.05, 4.69) is 32.3 Å². The van der Waals surface area contributed by atoms with Crippen molar-refractivity contribution in [1.29, 1.82) is 0 Å². The summed E-state index contributed by atoms with van der Waals surface area (Å²) in [7, 11) is 0. The fourth-order valence-electron chi connectivity index (χ4n) is 4.42. The van der Waals surface area contributed by atoms with Crippen LogP contribution >= 0.6 is 0 Å². The second kappa shape index (κ2) is 11.5. The molecule has 1 saturated heterocycles. The fraction of sp³-hybridized carbons (Fsp3) is 0.333. The summed E-state index contributed by atoms with van der Waals surface area (Å²) in [5.74, 6) is -0.0557. The Labute approximate surface area is 200 Å². The number of aryl methyl sites for hydroxylation is 1. The van der Waals surface area contributed by atoms with E-state index in [1.807, 2.05) is 48.2 Å². The number of nitrogens with one attached hydrogen (secondary N) is 1. The minimum atomic E-state index is -0.0582. The Balaban J connectivity index is 1.58. The molecule has 34 heavy (non-hydrogen) atoms. The van der Waals surface area contributed by atoms with E-state index in [4.69, 9.17) is 0 Å². The van der Waals surface area contributed by atoms with Crippen LogP contribution in [0.2, 0.25) is 0 Å². The van der Waals surface area contributed by atoms with Crippen LogP contribution in [0.4, 0.5) is 0 Å². The van der Waals surface area contributed by atoms with E-state index in [0.717, 1.165) is 29.7 Å². The third kappa shape index (κ3) is 6.05. The van der Waals surface area contributed by atoms with E-state index in [0.29, 0.717) is 38.2 Å². The van der Waals surface area contributed by atoms with Gasteiger partial charge in [0.2, 0.25) is 5.91 Å². The lowest BCUT2D eigenvalue weighted by atomic mass is 10.00. The van der Waals surface area contributed by atoms with Crippen molar-refractivity contribution in [2.45, 2.75) is 32.4 Å². The van der Waals surface area contributed by atoms with Crippen molar-refractivity contribution < 1.29 is 9.59 Å². The molecule has 3 aromatic rings. The fourth-order valence-corrected chi connectivity index (χ4v) is 4.42. The van der Waals surface area contributed by atoms with E-state index in [9.17, 15) is 9.59 Å². The topological polar surface area (TPSA) is 78.4 Å². The van der Waals surface area contributed by atoms with Gasteiger partial charge in [0.1, 0.15) is 0 Å². The Bertz CT molecular complexity index is 1090. The SMILES string of the molecule is Cc1ccncc1C(=O)N1CCCN(Cc2ccncc2)C(c2ccccc2)CC(=O)NCC1. The summed E-state index contributed by atoms with van der Waals surface area (Å²) in [5, 5.41) is 3.03. The van der Waals surface area contributed by atoms with Gasteiger partial charge in [-0.2, -0.15) is 0 Å². The molecule has 1 atom stereocenters. The molecule has 1 aromatic carbocycles. The van der Waals surface area contributed by atoms with Gasteiger partial charge >= 0.3 is 0 Å². The van der Waals surface area contributed by atoms with Crippen LogP contribution in [-0.2, 0) is 11.3 Å². The second-order valence-corrected chi connectivity index (χ2v) is 8.64. The third-order valence-electron chi connectivity index (χ3n) is 6.27. The molecule has 1 N–H and O–H groups in total. The number of amides is 2. The van der Waals surface area contributed by atoms with Crippen molar-refractivity contribution in [2.24, 2.45) is 0 Å². The van der Waals surface area contributed by atoms with Crippen molar-refractivity contribution in [1.82, 2.24) is 25.1 Å². The Morgan fingerprint density at radius 1 is 1.00 bits per heavy atom. The molecule has 1 aliphatic rings. The highest BCUT2D eigenvalue weighted by Crippen LogP contribution is 2.27. The molecule has 1 fully saturated rings. The van der Waals surface area contributed by atoms with Crippen LogP contribution in [0.3, 0.4) is 0 Å². The minimum Gasteiger partial charge on any atom is -0.354 e. The summed E-state index contributed by atoms with van der Waals surface area (Å²) >= 11 is 0. The maximum absolute atomic E-state index is 13.3. The number of rotatable bonds is 4. The molecule has 4 rings (SSSR count). The maximum Gasteiger partial charge on any atom is 0.255 e. The van der Waals surface area contributed by atoms with Gasteiger partial charge in [0.05, 0.1) is 5.56 Å². The molecule has 0 aliphatic carbocycles. The number of nitrogens with zero attached hydrogens (tertiary/aromatic N) is 4. The lowest BCUT2D eigenvalue weighted by Crippen LogP contribution is -2.39. The van der Waals surface area contributed by atoms with Crippen LogP contribution in [-0.4, -0.2) is 57.8 Å². The summed E-state index contributed by atoms with van der Waals surface area (Å²) in [6.45, 7) is 4.88. The number of hydrogen-bond donors (Lipinski definition) is 1. The van der Waals surface area contributed by atoms with E-state index >= 15 is 0 Å². The van der Waals surface area contributed by atoms with Crippen LogP contribution in [0.25, 0.3) is 0 Å². The minimum absolute atomic E-state index is 0.0135. The van der Waals surface area contributed by atoms with Crippen LogP contribution in [0.15, 0.2) is 73.3 Å². The monoisotopic (exact) mass is 457 g/mol. The van der Waals surface area contributed by atoms with Crippen LogP contribution in [0, 0.1) is 6.92 Å². The quantitative estimate of drug-likeness (QED) is 0.650. The van der Waals surface area contributed by atoms with Gasteiger partial charge in [0.25, 0.3) is 5.91 Å². The summed E-state index contributed by atoms with van der Waals surface area (Å²) in [4.78, 5) is 38.6. The van der Waals surface area contributed by atoms with Crippen molar-refractivity contribution in [2.75, 3.05) is 26.2 Å². The van der Waals surface area contributed by atoms with Crippen LogP contribution in [0.5, 0.6) is 0 Å².